The molecule has 0 atom stereocenters. The van der Waals surface area contributed by atoms with Gasteiger partial charge in [0.05, 0.1) is 10.0 Å². The number of halogens is 1. The van der Waals surface area contributed by atoms with Gasteiger partial charge in [-0.3, -0.25) is 0 Å². The molecule has 0 spiro atoms. The lowest BCUT2D eigenvalue weighted by atomic mass is 10.3. The second kappa shape index (κ2) is 4.47. The Morgan fingerprint density at radius 1 is 1.59 bits per heavy atom. The number of unbranched alkanes of at least 4 members (excludes halogenated alkanes) is 1. The van der Waals surface area contributed by atoms with E-state index in [2.05, 4.69) is 11.3 Å². The minimum absolute atomic E-state index is 0.0143. The van der Waals surface area contributed by atoms with Crippen molar-refractivity contribution in [1.82, 2.24) is 0 Å². The van der Waals surface area contributed by atoms with Gasteiger partial charge >= 0.3 is 0 Å². The first-order valence-corrected chi connectivity index (χ1v) is 7.76. The van der Waals surface area contributed by atoms with Crippen LogP contribution in [0.4, 0.5) is 5.69 Å². The summed E-state index contributed by atoms with van der Waals surface area (Å²) in [5.41, 5.74) is 6.22. The number of hydrogen-bond acceptors (Lipinski definition) is 5. The number of nitrogens with zero attached hydrogens (tertiary/aromatic N) is 2. The molecule has 0 fully saturated rings. The van der Waals surface area contributed by atoms with Crippen LogP contribution < -0.4 is 10.6 Å². The fraction of sp³-hybridized carbons (Fsp3) is 0.444. The zero-order valence-electron chi connectivity index (χ0n) is 9.18. The monoisotopic (exact) mass is 293 g/mol. The summed E-state index contributed by atoms with van der Waals surface area (Å²) in [5, 5.41) is 0. The lowest BCUT2D eigenvalue weighted by Crippen LogP contribution is -2.41. The number of sulfonamides is 1. The van der Waals surface area contributed by atoms with Crippen LogP contribution in [-0.4, -0.2) is 20.9 Å². The van der Waals surface area contributed by atoms with Crippen LogP contribution in [0, 0.1) is 0 Å². The molecule has 1 aromatic rings. The van der Waals surface area contributed by atoms with E-state index < -0.39 is 10.0 Å². The highest BCUT2D eigenvalue weighted by molar-refractivity contribution is 7.92. The van der Waals surface area contributed by atoms with Gasteiger partial charge in [0.25, 0.3) is 10.0 Å². The molecular weight excluding hydrogens is 282 g/mol. The van der Waals surface area contributed by atoms with E-state index in [1.807, 2.05) is 0 Å². The third-order valence-corrected chi connectivity index (χ3v) is 5.44. The van der Waals surface area contributed by atoms with Crippen LogP contribution in [0.25, 0.3) is 0 Å². The number of rotatable bonds is 3. The van der Waals surface area contributed by atoms with E-state index >= 15 is 0 Å². The SMILES string of the molecule is CCCCN1C(N)=NS(=O)(=O)c2sc(Cl)cc21. The quantitative estimate of drug-likeness (QED) is 0.925. The number of guanidine groups is 1. The molecule has 0 saturated heterocycles. The minimum atomic E-state index is -3.67. The highest BCUT2D eigenvalue weighted by Crippen LogP contribution is 2.40. The normalized spacial score (nSPS) is 17.8. The van der Waals surface area contributed by atoms with E-state index in [1.165, 1.54) is 0 Å². The number of anilines is 1. The fourth-order valence-corrected chi connectivity index (χ4v) is 4.36. The second-order valence-corrected chi connectivity index (χ2v) is 7.14. The lowest BCUT2D eigenvalue weighted by Gasteiger charge is -2.26. The first kappa shape index (κ1) is 12.7. The Morgan fingerprint density at radius 2 is 2.29 bits per heavy atom. The van der Waals surface area contributed by atoms with E-state index in [1.54, 1.807) is 11.0 Å². The molecule has 2 heterocycles. The van der Waals surface area contributed by atoms with E-state index in [4.69, 9.17) is 17.3 Å². The standard InChI is InChI=1S/C9H12ClN3O2S2/c1-2-3-4-13-6-5-7(10)16-8(6)17(14,15)12-9(13)11/h5H,2-4H2,1H3,(H2,11,12). The van der Waals surface area contributed by atoms with E-state index in [0.29, 0.717) is 16.6 Å². The predicted octanol–water partition coefficient (Wildman–Crippen LogP) is 2.03. The highest BCUT2D eigenvalue weighted by Gasteiger charge is 2.31. The van der Waals surface area contributed by atoms with Gasteiger partial charge in [-0.15, -0.1) is 15.7 Å². The molecule has 0 aromatic carbocycles. The average molecular weight is 294 g/mol. The Morgan fingerprint density at radius 3 is 2.94 bits per heavy atom. The molecule has 17 heavy (non-hydrogen) atoms. The summed E-state index contributed by atoms with van der Waals surface area (Å²) in [7, 11) is -3.67. The molecule has 0 aliphatic carbocycles. The predicted molar refractivity (Wildman–Crippen MR) is 70.4 cm³/mol. The Bertz CT molecular complexity index is 565. The topological polar surface area (TPSA) is 75.8 Å². The van der Waals surface area contributed by atoms with Gasteiger partial charge in [0.1, 0.15) is 0 Å². The van der Waals surface area contributed by atoms with Crippen molar-refractivity contribution in [2.24, 2.45) is 10.1 Å². The van der Waals surface area contributed by atoms with Crippen molar-refractivity contribution in [3.8, 4) is 0 Å². The summed E-state index contributed by atoms with van der Waals surface area (Å²) in [6.45, 7) is 2.69. The van der Waals surface area contributed by atoms with Gasteiger partial charge in [0.2, 0.25) is 5.96 Å². The summed E-state index contributed by atoms with van der Waals surface area (Å²) < 4.78 is 27.7. The van der Waals surface area contributed by atoms with Gasteiger partial charge < -0.3 is 10.6 Å². The van der Waals surface area contributed by atoms with Crippen molar-refractivity contribution in [3.63, 3.8) is 0 Å². The molecule has 5 nitrogen and oxygen atoms in total. The Hall–Kier alpha value is -0.790. The third kappa shape index (κ3) is 2.27. The Kier molecular flexibility index (Phi) is 3.33. The van der Waals surface area contributed by atoms with Crippen LogP contribution >= 0.6 is 22.9 Å². The molecule has 8 heteroatoms. The number of fused-ring (bicyclic) bond motifs is 1. The Balaban J connectivity index is 2.49. The highest BCUT2D eigenvalue weighted by atomic mass is 35.5. The smallest absolute Gasteiger partial charge is 0.297 e. The third-order valence-electron chi connectivity index (χ3n) is 2.40. The van der Waals surface area contributed by atoms with Crippen molar-refractivity contribution in [1.29, 1.82) is 0 Å². The number of nitrogens with two attached hydrogens (primary N) is 1. The van der Waals surface area contributed by atoms with E-state index in [-0.39, 0.29) is 10.2 Å². The second-order valence-electron chi connectivity index (χ2n) is 3.65. The summed E-state index contributed by atoms with van der Waals surface area (Å²) >= 11 is 6.87. The first-order valence-electron chi connectivity index (χ1n) is 5.13. The summed E-state index contributed by atoms with van der Waals surface area (Å²) in [5.74, 6) is 0.0143. The average Bonchev–Trinajstić information content (AvgIpc) is 2.60. The molecule has 0 unspecified atom stereocenters. The molecule has 1 aliphatic heterocycles. The van der Waals surface area contributed by atoms with Gasteiger partial charge in [-0.1, -0.05) is 24.9 Å². The Labute approximate surface area is 109 Å². The van der Waals surface area contributed by atoms with Gasteiger partial charge in [0, 0.05) is 6.54 Å². The summed E-state index contributed by atoms with van der Waals surface area (Å²) in [4.78, 5) is 1.70. The molecular formula is C9H12ClN3O2S2. The zero-order valence-corrected chi connectivity index (χ0v) is 11.6. The molecule has 0 radical (unpaired) electrons. The van der Waals surface area contributed by atoms with Crippen LogP contribution in [0.2, 0.25) is 4.34 Å². The van der Waals surface area contributed by atoms with Crippen molar-refractivity contribution < 1.29 is 8.42 Å². The van der Waals surface area contributed by atoms with Crippen molar-refractivity contribution >= 4 is 44.6 Å². The number of hydrogen-bond donors (Lipinski definition) is 1. The van der Waals surface area contributed by atoms with E-state index in [9.17, 15) is 8.42 Å². The fourth-order valence-electron chi connectivity index (χ4n) is 1.60. The molecule has 0 saturated carbocycles. The molecule has 2 rings (SSSR count). The first-order chi connectivity index (χ1) is 7.95. The molecule has 94 valence electrons. The minimum Gasteiger partial charge on any atom is -0.369 e. The summed E-state index contributed by atoms with van der Waals surface area (Å²) in [6.07, 6.45) is 1.90. The largest absolute Gasteiger partial charge is 0.369 e. The van der Waals surface area contributed by atoms with Crippen LogP contribution in [0.1, 0.15) is 19.8 Å². The van der Waals surface area contributed by atoms with Crippen LogP contribution in [0.15, 0.2) is 14.7 Å². The maximum atomic E-state index is 11.8. The van der Waals surface area contributed by atoms with Gasteiger partial charge in [-0.2, -0.15) is 8.42 Å². The van der Waals surface area contributed by atoms with Crippen LogP contribution in [-0.2, 0) is 10.0 Å². The summed E-state index contributed by atoms with van der Waals surface area (Å²) in [6, 6.07) is 1.62. The molecule has 1 aromatic heterocycles. The molecule has 1 aliphatic rings. The van der Waals surface area contributed by atoms with E-state index in [0.717, 1.165) is 24.2 Å². The van der Waals surface area contributed by atoms with Gasteiger partial charge in [-0.05, 0) is 12.5 Å². The molecule has 0 bridgehead atoms. The number of thiophene rings is 1. The zero-order chi connectivity index (χ0) is 12.6. The van der Waals surface area contributed by atoms with Gasteiger partial charge in [0.15, 0.2) is 4.21 Å². The van der Waals surface area contributed by atoms with Crippen molar-refractivity contribution in [3.05, 3.63) is 10.4 Å². The van der Waals surface area contributed by atoms with Crippen LogP contribution in [0.5, 0.6) is 0 Å². The maximum absolute atomic E-state index is 11.8. The lowest BCUT2D eigenvalue weighted by molar-refractivity contribution is 0.598. The molecule has 0 amide bonds. The van der Waals surface area contributed by atoms with Crippen molar-refractivity contribution in [2.75, 3.05) is 11.4 Å². The van der Waals surface area contributed by atoms with Gasteiger partial charge in [-0.25, -0.2) is 0 Å². The maximum Gasteiger partial charge on any atom is 0.297 e. The van der Waals surface area contributed by atoms with Crippen molar-refractivity contribution in [2.45, 2.75) is 24.0 Å². The molecule has 2 N–H and O–H groups in total. The van der Waals surface area contributed by atoms with Crippen LogP contribution in [0.3, 0.4) is 0 Å².